The molecule has 0 unspecified atom stereocenters. The molecule has 7 heteroatoms. The maximum absolute atomic E-state index is 12.8. The Labute approximate surface area is 157 Å². The van der Waals surface area contributed by atoms with Crippen molar-refractivity contribution < 1.29 is 14.3 Å². The van der Waals surface area contributed by atoms with Crippen LogP contribution in [-0.4, -0.2) is 40.9 Å². The minimum Gasteiger partial charge on any atom is -0.484 e. The van der Waals surface area contributed by atoms with Gasteiger partial charge in [-0.1, -0.05) is 37.5 Å². The quantitative estimate of drug-likeness (QED) is 0.808. The number of nitrogens with zero attached hydrogens (tertiary/aromatic N) is 2. The summed E-state index contributed by atoms with van der Waals surface area (Å²) < 4.78 is 5.59. The summed E-state index contributed by atoms with van der Waals surface area (Å²) in [5.41, 5.74) is 0. The van der Waals surface area contributed by atoms with Crippen molar-refractivity contribution in [3.8, 4) is 5.75 Å². The van der Waals surface area contributed by atoms with Gasteiger partial charge in [0.2, 0.25) is 5.91 Å². The lowest BCUT2D eigenvalue weighted by Crippen LogP contribution is -2.47. The van der Waals surface area contributed by atoms with Gasteiger partial charge in [-0.15, -0.1) is 11.3 Å². The van der Waals surface area contributed by atoms with E-state index in [9.17, 15) is 9.59 Å². The lowest BCUT2D eigenvalue weighted by Gasteiger charge is -2.33. The number of thiazole rings is 1. The van der Waals surface area contributed by atoms with Gasteiger partial charge >= 0.3 is 0 Å². The SMILES string of the molecule is O=C(CN(C(=O)COc1ccccc1)C1CCCCC1)Nc1nccs1. The van der Waals surface area contributed by atoms with E-state index in [0.717, 1.165) is 25.7 Å². The summed E-state index contributed by atoms with van der Waals surface area (Å²) in [7, 11) is 0. The number of ether oxygens (including phenoxy) is 1. The summed E-state index contributed by atoms with van der Waals surface area (Å²) in [5.74, 6) is 0.269. The summed E-state index contributed by atoms with van der Waals surface area (Å²) in [6.45, 7) is -0.0354. The van der Waals surface area contributed by atoms with Crippen molar-refractivity contribution in [1.82, 2.24) is 9.88 Å². The zero-order valence-electron chi connectivity index (χ0n) is 14.6. The Morgan fingerprint density at radius 3 is 2.65 bits per heavy atom. The predicted molar refractivity (Wildman–Crippen MR) is 101 cm³/mol. The third kappa shape index (κ3) is 5.29. The molecule has 0 saturated heterocycles. The van der Waals surface area contributed by atoms with Gasteiger partial charge in [0.1, 0.15) is 12.3 Å². The molecule has 1 saturated carbocycles. The molecule has 26 heavy (non-hydrogen) atoms. The first-order chi connectivity index (χ1) is 12.7. The van der Waals surface area contributed by atoms with Gasteiger partial charge in [0.05, 0.1) is 0 Å². The first kappa shape index (κ1) is 18.4. The van der Waals surface area contributed by atoms with Gasteiger partial charge in [-0.25, -0.2) is 4.98 Å². The molecular formula is C19H23N3O3S. The van der Waals surface area contributed by atoms with E-state index in [0.29, 0.717) is 10.9 Å². The first-order valence-corrected chi connectivity index (χ1v) is 9.77. The number of anilines is 1. The molecule has 0 aliphatic heterocycles. The number of carbonyl (C=O) groups is 2. The summed E-state index contributed by atoms with van der Waals surface area (Å²) in [5, 5.41) is 5.10. The highest BCUT2D eigenvalue weighted by molar-refractivity contribution is 7.13. The fraction of sp³-hybridized carbons (Fsp3) is 0.421. The Balaban J connectivity index is 1.61. The van der Waals surface area contributed by atoms with Crippen LogP contribution in [0.1, 0.15) is 32.1 Å². The zero-order valence-corrected chi connectivity index (χ0v) is 15.4. The smallest absolute Gasteiger partial charge is 0.261 e. The average molecular weight is 373 g/mol. The number of aromatic nitrogens is 1. The summed E-state index contributed by atoms with van der Waals surface area (Å²) in [4.78, 5) is 30.9. The molecule has 1 N–H and O–H groups in total. The van der Waals surface area contributed by atoms with Crippen LogP contribution in [0.15, 0.2) is 41.9 Å². The number of para-hydroxylation sites is 1. The van der Waals surface area contributed by atoms with E-state index in [2.05, 4.69) is 10.3 Å². The second-order valence-corrected chi connectivity index (χ2v) is 7.20. The number of nitrogens with one attached hydrogen (secondary N) is 1. The molecule has 0 atom stereocenters. The Morgan fingerprint density at radius 1 is 1.19 bits per heavy atom. The van der Waals surface area contributed by atoms with Crippen molar-refractivity contribution in [2.75, 3.05) is 18.5 Å². The van der Waals surface area contributed by atoms with Crippen molar-refractivity contribution >= 4 is 28.3 Å². The van der Waals surface area contributed by atoms with Gasteiger partial charge in [0.25, 0.3) is 5.91 Å². The summed E-state index contributed by atoms with van der Waals surface area (Å²) >= 11 is 1.36. The lowest BCUT2D eigenvalue weighted by atomic mass is 9.94. The van der Waals surface area contributed by atoms with Crippen LogP contribution in [0.25, 0.3) is 0 Å². The average Bonchev–Trinajstić information content (AvgIpc) is 3.18. The molecule has 1 aromatic carbocycles. The van der Waals surface area contributed by atoms with E-state index in [-0.39, 0.29) is 31.0 Å². The Bertz CT molecular complexity index is 700. The van der Waals surface area contributed by atoms with E-state index < -0.39 is 0 Å². The topological polar surface area (TPSA) is 71.5 Å². The number of rotatable bonds is 7. The van der Waals surface area contributed by atoms with E-state index in [1.165, 1.54) is 17.8 Å². The molecule has 138 valence electrons. The first-order valence-electron chi connectivity index (χ1n) is 8.89. The normalized spacial score (nSPS) is 14.6. The van der Waals surface area contributed by atoms with Crippen LogP contribution in [0.5, 0.6) is 5.75 Å². The molecule has 0 spiro atoms. The van der Waals surface area contributed by atoms with Crippen molar-refractivity contribution in [3.05, 3.63) is 41.9 Å². The highest BCUT2D eigenvalue weighted by Crippen LogP contribution is 2.23. The van der Waals surface area contributed by atoms with E-state index in [1.807, 2.05) is 30.3 Å². The van der Waals surface area contributed by atoms with Crippen LogP contribution in [0.3, 0.4) is 0 Å². The molecule has 6 nitrogen and oxygen atoms in total. The minimum atomic E-state index is -0.224. The summed E-state index contributed by atoms with van der Waals surface area (Å²) in [6, 6.07) is 9.34. The Kier molecular flexibility index (Phi) is 6.60. The van der Waals surface area contributed by atoms with Gasteiger partial charge < -0.3 is 15.0 Å². The second-order valence-electron chi connectivity index (χ2n) is 6.30. The molecule has 1 fully saturated rings. The maximum Gasteiger partial charge on any atom is 0.261 e. The van der Waals surface area contributed by atoms with Crippen molar-refractivity contribution in [2.45, 2.75) is 38.1 Å². The van der Waals surface area contributed by atoms with Crippen molar-refractivity contribution in [1.29, 1.82) is 0 Å². The highest BCUT2D eigenvalue weighted by atomic mass is 32.1. The number of carbonyl (C=O) groups excluding carboxylic acids is 2. The molecule has 0 bridgehead atoms. The van der Waals surface area contributed by atoms with Crippen LogP contribution in [0.2, 0.25) is 0 Å². The monoisotopic (exact) mass is 373 g/mol. The van der Waals surface area contributed by atoms with Crippen molar-refractivity contribution in [2.24, 2.45) is 0 Å². The molecule has 3 rings (SSSR count). The molecule has 0 radical (unpaired) electrons. The third-order valence-electron chi connectivity index (χ3n) is 4.43. The second kappa shape index (κ2) is 9.33. The van der Waals surface area contributed by atoms with Gasteiger partial charge in [-0.05, 0) is 25.0 Å². The summed E-state index contributed by atoms with van der Waals surface area (Å²) in [6.07, 6.45) is 6.86. The maximum atomic E-state index is 12.8. The number of hydrogen-bond donors (Lipinski definition) is 1. The third-order valence-corrected chi connectivity index (χ3v) is 5.12. The molecule has 2 amide bonds. The highest BCUT2D eigenvalue weighted by Gasteiger charge is 2.27. The minimum absolute atomic E-state index is 0.0290. The Hall–Kier alpha value is -2.41. The number of amides is 2. The van der Waals surface area contributed by atoms with Crippen LogP contribution in [-0.2, 0) is 9.59 Å². The Morgan fingerprint density at radius 2 is 1.96 bits per heavy atom. The van der Waals surface area contributed by atoms with Crippen molar-refractivity contribution in [3.63, 3.8) is 0 Å². The molecule has 2 aromatic rings. The predicted octanol–water partition coefficient (Wildman–Crippen LogP) is 3.32. The van der Waals surface area contributed by atoms with Crippen LogP contribution in [0.4, 0.5) is 5.13 Å². The molecule has 1 aromatic heterocycles. The number of hydrogen-bond acceptors (Lipinski definition) is 5. The largest absolute Gasteiger partial charge is 0.484 e. The standard InChI is InChI=1S/C19H23N3O3S/c23-17(21-19-20-11-12-26-19)13-22(15-7-3-1-4-8-15)18(24)14-25-16-9-5-2-6-10-16/h2,5-6,9-12,15H,1,3-4,7-8,13-14H2,(H,20,21,23). The molecule has 1 aliphatic rings. The van der Waals surface area contributed by atoms with Crippen LogP contribution >= 0.6 is 11.3 Å². The van der Waals surface area contributed by atoms with Gasteiger partial charge in [-0.2, -0.15) is 0 Å². The van der Waals surface area contributed by atoms with Gasteiger partial charge in [0.15, 0.2) is 11.7 Å². The van der Waals surface area contributed by atoms with Gasteiger partial charge in [0, 0.05) is 17.6 Å². The molecule has 1 aliphatic carbocycles. The molecular weight excluding hydrogens is 350 g/mol. The van der Waals surface area contributed by atoms with Crippen LogP contribution < -0.4 is 10.1 Å². The fourth-order valence-corrected chi connectivity index (χ4v) is 3.70. The van der Waals surface area contributed by atoms with E-state index in [4.69, 9.17) is 4.74 Å². The van der Waals surface area contributed by atoms with E-state index in [1.54, 1.807) is 16.5 Å². The zero-order chi connectivity index (χ0) is 18.2. The fourth-order valence-electron chi connectivity index (χ4n) is 3.16. The van der Waals surface area contributed by atoms with Gasteiger partial charge in [-0.3, -0.25) is 9.59 Å². The number of benzene rings is 1. The lowest BCUT2D eigenvalue weighted by molar-refractivity contribution is -0.139. The van der Waals surface area contributed by atoms with E-state index >= 15 is 0 Å². The van der Waals surface area contributed by atoms with Crippen LogP contribution in [0, 0.1) is 0 Å². The molecule has 1 heterocycles.